The van der Waals surface area contributed by atoms with E-state index in [0.717, 1.165) is 6.07 Å². The predicted octanol–water partition coefficient (Wildman–Crippen LogP) is 3.20. The second-order valence-corrected chi connectivity index (χ2v) is 3.97. The third-order valence-corrected chi connectivity index (χ3v) is 2.73. The second-order valence-electron chi connectivity index (χ2n) is 3.97. The van der Waals surface area contributed by atoms with Gasteiger partial charge in [0.25, 0.3) is 0 Å². The van der Waals surface area contributed by atoms with Gasteiger partial charge in [-0.25, -0.2) is 9.18 Å². The fraction of sp³-hybridized carbons (Fsp3) is 0.0714. The van der Waals surface area contributed by atoms with Crippen molar-refractivity contribution in [3.63, 3.8) is 0 Å². The van der Waals surface area contributed by atoms with Gasteiger partial charge in [0.2, 0.25) is 0 Å². The molecule has 0 aromatic heterocycles. The maximum atomic E-state index is 13.9. The highest BCUT2D eigenvalue weighted by molar-refractivity contribution is 5.89. The quantitative estimate of drug-likeness (QED) is 0.855. The molecule has 0 amide bonds. The summed E-state index contributed by atoms with van der Waals surface area (Å²) in [7, 11) is 0. The molecule has 92 valence electrons. The van der Waals surface area contributed by atoms with Gasteiger partial charge in [0.15, 0.2) is 0 Å². The fourth-order valence-electron chi connectivity index (χ4n) is 1.75. The average Bonchev–Trinajstić information content (AvgIpc) is 2.33. The summed E-state index contributed by atoms with van der Waals surface area (Å²) in [6.45, 7) is 1.63. The normalized spacial score (nSPS) is 10.3. The van der Waals surface area contributed by atoms with Gasteiger partial charge in [0.1, 0.15) is 11.6 Å². The van der Waals surface area contributed by atoms with E-state index in [0.29, 0.717) is 5.56 Å². The molecule has 0 aliphatic heterocycles. The summed E-state index contributed by atoms with van der Waals surface area (Å²) in [5, 5.41) is 18.6. The lowest BCUT2D eigenvalue weighted by Gasteiger charge is -2.08. The molecule has 0 aliphatic rings. The molecule has 0 spiro atoms. The number of aromatic carboxylic acids is 1. The van der Waals surface area contributed by atoms with Gasteiger partial charge in [0, 0.05) is 11.1 Å². The molecule has 0 atom stereocenters. The molecule has 2 aromatic carbocycles. The Morgan fingerprint density at radius 3 is 2.50 bits per heavy atom. The van der Waals surface area contributed by atoms with Crippen LogP contribution in [0.15, 0.2) is 36.4 Å². The van der Waals surface area contributed by atoms with Crippen LogP contribution >= 0.6 is 0 Å². The minimum Gasteiger partial charge on any atom is -0.507 e. The summed E-state index contributed by atoms with van der Waals surface area (Å²) in [6, 6.07) is 8.69. The van der Waals surface area contributed by atoms with E-state index in [1.54, 1.807) is 19.1 Å². The lowest BCUT2D eigenvalue weighted by molar-refractivity contribution is 0.0696. The standard InChI is InChI=1S/C14H11FO3/c1-8-3-2-4-11(13(8)15)10-6-5-9(14(17)18)7-12(10)16/h2-7,16H,1H3,(H,17,18). The van der Waals surface area contributed by atoms with Crippen molar-refractivity contribution in [1.29, 1.82) is 0 Å². The molecule has 0 fully saturated rings. The Morgan fingerprint density at radius 2 is 1.89 bits per heavy atom. The van der Waals surface area contributed by atoms with Crippen molar-refractivity contribution in [2.24, 2.45) is 0 Å². The number of hydrogen-bond donors (Lipinski definition) is 2. The van der Waals surface area contributed by atoms with Crippen molar-refractivity contribution in [2.75, 3.05) is 0 Å². The monoisotopic (exact) mass is 246 g/mol. The number of benzene rings is 2. The molecule has 2 rings (SSSR count). The number of carboxylic acids is 1. The molecule has 3 nitrogen and oxygen atoms in total. The van der Waals surface area contributed by atoms with E-state index < -0.39 is 11.8 Å². The topological polar surface area (TPSA) is 57.5 Å². The highest BCUT2D eigenvalue weighted by atomic mass is 19.1. The predicted molar refractivity (Wildman–Crippen MR) is 65.2 cm³/mol. The van der Waals surface area contributed by atoms with Crippen LogP contribution in [0.3, 0.4) is 0 Å². The largest absolute Gasteiger partial charge is 0.507 e. The van der Waals surface area contributed by atoms with E-state index in [4.69, 9.17) is 5.11 Å². The smallest absolute Gasteiger partial charge is 0.335 e. The molecule has 2 aromatic rings. The van der Waals surface area contributed by atoms with Crippen LogP contribution in [0, 0.1) is 12.7 Å². The minimum absolute atomic E-state index is 0.0377. The zero-order valence-electron chi connectivity index (χ0n) is 9.64. The first kappa shape index (κ1) is 12.1. The average molecular weight is 246 g/mol. The first-order valence-corrected chi connectivity index (χ1v) is 5.32. The molecule has 0 saturated carbocycles. The number of phenols is 1. The van der Waals surface area contributed by atoms with Gasteiger partial charge in [-0.3, -0.25) is 0 Å². The number of carboxylic acid groups (broad SMARTS) is 1. The molecular formula is C14H11FO3. The van der Waals surface area contributed by atoms with E-state index in [1.165, 1.54) is 18.2 Å². The van der Waals surface area contributed by atoms with Gasteiger partial charge in [-0.05, 0) is 30.7 Å². The van der Waals surface area contributed by atoms with Crippen LogP contribution in [0.25, 0.3) is 11.1 Å². The van der Waals surface area contributed by atoms with E-state index >= 15 is 0 Å². The van der Waals surface area contributed by atoms with Gasteiger partial charge in [-0.2, -0.15) is 0 Å². The molecule has 0 heterocycles. The third-order valence-electron chi connectivity index (χ3n) is 2.73. The Morgan fingerprint density at radius 1 is 1.17 bits per heavy atom. The minimum atomic E-state index is -1.14. The number of halogens is 1. The molecule has 4 heteroatoms. The lowest BCUT2D eigenvalue weighted by Crippen LogP contribution is -1.96. The molecule has 0 unspecified atom stereocenters. The Balaban J connectivity index is 2.58. The zero-order chi connectivity index (χ0) is 13.3. The van der Waals surface area contributed by atoms with E-state index in [1.807, 2.05) is 0 Å². The van der Waals surface area contributed by atoms with E-state index in [2.05, 4.69) is 0 Å². The maximum absolute atomic E-state index is 13.9. The Kier molecular flexibility index (Phi) is 3.02. The van der Waals surface area contributed by atoms with Gasteiger partial charge in [0.05, 0.1) is 5.56 Å². The van der Waals surface area contributed by atoms with Crippen molar-refractivity contribution in [1.82, 2.24) is 0 Å². The molecule has 18 heavy (non-hydrogen) atoms. The van der Waals surface area contributed by atoms with Crippen molar-refractivity contribution >= 4 is 5.97 Å². The van der Waals surface area contributed by atoms with E-state index in [-0.39, 0.29) is 22.4 Å². The van der Waals surface area contributed by atoms with Crippen molar-refractivity contribution in [2.45, 2.75) is 6.92 Å². The number of aryl methyl sites for hydroxylation is 1. The molecule has 0 radical (unpaired) electrons. The lowest BCUT2D eigenvalue weighted by atomic mass is 10.00. The Labute approximate surface area is 103 Å². The maximum Gasteiger partial charge on any atom is 0.335 e. The van der Waals surface area contributed by atoms with Crippen LogP contribution in [-0.2, 0) is 0 Å². The summed E-state index contributed by atoms with van der Waals surface area (Å²) < 4.78 is 13.9. The summed E-state index contributed by atoms with van der Waals surface area (Å²) in [6.07, 6.45) is 0. The van der Waals surface area contributed by atoms with Gasteiger partial charge >= 0.3 is 5.97 Å². The highest BCUT2D eigenvalue weighted by Crippen LogP contribution is 2.32. The van der Waals surface area contributed by atoms with Gasteiger partial charge < -0.3 is 10.2 Å². The SMILES string of the molecule is Cc1cccc(-c2ccc(C(=O)O)cc2O)c1F. The summed E-state index contributed by atoms with van der Waals surface area (Å²) in [5.41, 5.74) is 0.962. The second kappa shape index (κ2) is 4.49. The molecule has 0 bridgehead atoms. The number of hydrogen-bond acceptors (Lipinski definition) is 2. The van der Waals surface area contributed by atoms with Crippen molar-refractivity contribution in [3.05, 3.63) is 53.3 Å². The molecule has 0 saturated heterocycles. The van der Waals surface area contributed by atoms with Crippen LogP contribution < -0.4 is 0 Å². The van der Waals surface area contributed by atoms with Gasteiger partial charge in [-0.15, -0.1) is 0 Å². The van der Waals surface area contributed by atoms with Crippen LogP contribution in [0.2, 0.25) is 0 Å². The number of carbonyl (C=O) groups is 1. The van der Waals surface area contributed by atoms with Gasteiger partial charge in [-0.1, -0.05) is 18.2 Å². The summed E-state index contributed by atoms with van der Waals surface area (Å²) >= 11 is 0. The van der Waals surface area contributed by atoms with Crippen LogP contribution in [-0.4, -0.2) is 16.2 Å². The molecule has 0 aliphatic carbocycles. The van der Waals surface area contributed by atoms with Crippen LogP contribution in [0.5, 0.6) is 5.75 Å². The zero-order valence-corrected chi connectivity index (χ0v) is 9.64. The molecule has 2 N–H and O–H groups in total. The molecular weight excluding hydrogens is 235 g/mol. The van der Waals surface area contributed by atoms with Crippen molar-refractivity contribution in [3.8, 4) is 16.9 Å². The first-order chi connectivity index (χ1) is 8.50. The Bertz CT molecular complexity index is 620. The highest BCUT2D eigenvalue weighted by Gasteiger charge is 2.13. The van der Waals surface area contributed by atoms with E-state index in [9.17, 15) is 14.3 Å². The Hall–Kier alpha value is -2.36. The first-order valence-electron chi connectivity index (χ1n) is 5.32. The fourth-order valence-corrected chi connectivity index (χ4v) is 1.75. The number of phenolic OH excluding ortho intramolecular Hbond substituents is 1. The van der Waals surface area contributed by atoms with Crippen LogP contribution in [0.4, 0.5) is 4.39 Å². The van der Waals surface area contributed by atoms with Crippen molar-refractivity contribution < 1.29 is 19.4 Å². The summed E-state index contributed by atoms with van der Waals surface area (Å²) in [5.74, 6) is -1.81. The number of aromatic hydroxyl groups is 1. The van der Waals surface area contributed by atoms with Crippen LogP contribution in [0.1, 0.15) is 15.9 Å². The summed E-state index contributed by atoms with van der Waals surface area (Å²) in [4.78, 5) is 10.7. The number of rotatable bonds is 2. The third kappa shape index (κ3) is 2.05.